The minimum Gasteiger partial charge on any atom is -0.434 e. The third-order valence-corrected chi connectivity index (χ3v) is 2.87. The summed E-state index contributed by atoms with van der Waals surface area (Å²) in [6.07, 6.45) is 0. The molecule has 1 atom stereocenters. The van der Waals surface area contributed by atoms with E-state index in [2.05, 4.69) is 20.7 Å². The van der Waals surface area contributed by atoms with Crippen molar-refractivity contribution < 1.29 is 18.3 Å². The number of hydrogen-bond donors (Lipinski definition) is 0. The van der Waals surface area contributed by atoms with Crippen LogP contribution in [0.4, 0.5) is 8.78 Å². The fraction of sp³-hybridized carbons (Fsp3) is 0.300. The van der Waals surface area contributed by atoms with Crippen LogP contribution in [0.3, 0.4) is 0 Å². The number of halogens is 4. The highest BCUT2D eigenvalue weighted by Crippen LogP contribution is 2.25. The first-order valence-corrected chi connectivity index (χ1v) is 6.34. The average molecular weight is 405 g/mol. The Morgan fingerprint density at radius 1 is 1.50 bits per heavy atom. The lowest BCUT2D eigenvalue weighted by molar-refractivity contribution is -0.0501. The molecule has 0 spiro atoms. The molecule has 0 amide bonds. The van der Waals surface area contributed by atoms with Crippen molar-refractivity contribution in [3.8, 4) is 5.75 Å². The van der Waals surface area contributed by atoms with Gasteiger partial charge in [-0.25, -0.2) is 0 Å². The predicted molar refractivity (Wildman–Crippen MR) is 68.5 cm³/mol. The molecule has 1 unspecified atom stereocenters. The number of hydrogen-bond acceptors (Lipinski definition) is 2. The quantitative estimate of drug-likeness (QED) is 0.432. The van der Waals surface area contributed by atoms with Gasteiger partial charge in [-0.3, -0.25) is 4.79 Å². The molecule has 0 N–H and O–H groups in total. The topological polar surface area (TPSA) is 26.3 Å². The van der Waals surface area contributed by atoms with Crippen molar-refractivity contribution >= 4 is 44.3 Å². The highest BCUT2D eigenvalue weighted by Gasteiger charge is 2.19. The summed E-state index contributed by atoms with van der Waals surface area (Å²) in [5.74, 6) is -0.374. The Morgan fingerprint density at radius 2 is 2.12 bits per heavy atom. The molecule has 16 heavy (non-hydrogen) atoms. The van der Waals surface area contributed by atoms with Gasteiger partial charge in [0, 0.05) is 3.57 Å². The fourth-order valence-corrected chi connectivity index (χ4v) is 1.85. The van der Waals surface area contributed by atoms with Gasteiger partial charge in [0.05, 0.1) is 10.4 Å². The van der Waals surface area contributed by atoms with Gasteiger partial charge in [-0.1, -0.05) is 15.9 Å². The monoisotopic (exact) mass is 404 g/mol. The molecule has 0 radical (unpaired) electrons. The average Bonchev–Trinajstić information content (AvgIpc) is 2.18. The summed E-state index contributed by atoms with van der Waals surface area (Å²) in [4.78, 5) is 11.3. The molecular weight excluding hydrogens is 397 g/mol. The van der Waals surface area contributed by atoms with Crippen molar-refractivity contribution in [3.05, 3.63) is 27.3 Å². The van der Waals surface area contributed by atoms with E-state index < -0.39 is 11.4 Å². The standard InChI is InChI=1S/C10H8BrF2IO2/c1-5(11)9(15)7-4-6(14)2-3-8(7)16-10(12)13/h2-5,10H,1H3. The molecule has 0 aliphatic rings. The Bertz CT molecular complexity index is 396. The molecule has 0 bridgehead atoms. The van der Waals surface area contributed by atoms with Crippen LogP contribution >= 0.6 is 38.5 Å². The first-order chi connectivity index (χ1) is 7.41. The van der Waals surface area contributed by atoms with Gasteiger partial charge >= 0.3 is 6.61 Å². The number of carbonyl (C=O) groups excluding carboxylic acids is 1. The number of ketones is 1. The molecular formula is C10H8BrF2IO2. The van der Waals surface area contributed by atoms with Gasteiger partial charge in [0.25, 0.3) is 0 Å². The molecule has 0 heterocycles. The van der Waals surface area contributed by atoms with Crippen LogP contribution in [0.2, 0.25) is 0 Å². The summed E-state index contributed by atoms with van der Waals surface area (Å²) in [6, 6.07) is 4.50. The van der Waals surface area contributed by atoms with Crippen LogP contribution in [0.25, 0.3) is 0 Å². The lowest BCUT2D eigenvalue weighted by Crippen LogP contribution is -2.14. The number of alkyl halides is 3. The van der Waals surface area contributed by atoms with Crippen molar-refractivity contribution in [2.75, 3.05) is 0 Å². The highest BCUT2D eigenvalue weighted by atomic mass is 127. The van der Waals surface area contributed by atoms with E-state index in [4.69, 9.17) is 0 Å². The third kappa shape index (κ3) is 3.65. The van der Waals surface area contributed by atoms with Gasteiger partial charge in [0.2, 0.25) is 0 Å². The second-order valence-electron chi connectivity index (χ2n) is 3.00. The van der Waals surface area contributed by atoms with E-state index >= 15 is 0 Å². The summed E-state index contributed by atoms with van der Waals surface area (Å²) in [5, 5.41) is 0. The van der Waals surface area contributed by atoms with Crippen LogP contribution in [0, 0.1) is 3.57 Å². The molecule has 0 aliphatic heterocycles. The summed E-state index contributed by atoms with van der Waals surface area (Å²) in [5.41, 5.74) is 0.163. The lowest BCUT2D eigenvalue weighted by atomic mass is 10.1. The summed E-state index contributed by atoms with van der Waals surface area (Å²) >= 11 is 5.11. The number of carbonyl (C=O) groups is 1. The first-order valence-electron chi connectivity index (χ1n) is 4.34. The Balaban J connectivity index is 3.12. The Morgan fingerprint density at radius 3 is 2.62 bits per heavy atom. The maximum Gasteiger partial charge on any atom is 0.387 e. The van der Waals surface area contributed by atoms with Crippen molar-refractivity contribution in [2.24, 2.45) is 0 Å². The van der Waals surface area contributed by atoms with Crippen LogP contribution < -0.4 is 4.74 Å². The van der Waals surface area contributed by atoms with Gasteiger partial charge in [-0.2, -0.15) is 8.78 Å². The van der Waals surface area contributed by atoms with Gasteiger partial charge in [0.1, 0.15) is 5.75 Å². The summed E-state index contributed by atoms with van der Waals surface area (Å²) in [6.45, 7) is -1.30. The van der Waals surface area contributed by atoms with Crippen molar-refractivity contribution in [1.82, 2.24) is 0 Å². The van der Waals surface area contributed by atoms with E-state index in [9.17, 15) is 13.6 Å². The van der Waals surface area contributed by atoms with Crippen LogP contribution in [-0.2, 0) is 0 Å². The molecule has 0 fully saturated rings. The van der Waals surface area contributed by atoms with Crippen LogP contribution in [0.5, 0.6) is 5.75 Å². The minimum atomic E-state index is -2.93. The molecule has 1 aromatic carbocycles. The normalized spacial score (nSPS) is 12.6. The highest BCUT2D eigenvalue weighted by molar-refractivity contribution is 14.1. The predicted octanol–water partition coefficient (Wildman–Crippen LogP) is 3.86. The second-order valence-corrected chi connectivity index (χ2v) is 5.62. The third-order valence-electron chi connectivity index (χ3n) is 1.78. The number of ether oxygens (including phenoxy) is 1. The zero-order valence-corrected chi connectivity index (χ0v) is 12.0. The van der Waals surface area contributed by atoms with Gasteiger partial charge in [-0.15, -0.1) is 0 Å². The smallest absolute Gasteiger partial charge is 0.387 e. The summed E-state index contributed by atoms with van der Waals surface area (Å²) < 4.78 is 29.3. The lowest BCUT2D eigenvalue weighted by Gasteiger charge is -2.11. The van der Waals surface area contributed by atoms with E-state index in [1.54, 1.807) is 13.0 Å². The maximum absolute atomic E-state index is 12.1. The molecule has 1 aromatic rings. The van der Waals surface area contributed by atoms with Gasteiger partial charge < -0.3 is 4.74 Å². The molecule has 2 nitrogen and oxygen atoms in total. The Hall–Kier alpha value is -0.240. The molecule has 1 rings (SSSR count). The Labute approximate surface area is 114 Å². The van der Waals surface area contributed by atoms with E-state index in [0.29, 0.717) is 0 Å². The molecule has 0 aliphatic carbocycles. The largest absolute Gasteiger partial charge is 0.434 e. The van der Waals surface area contributed by atoms with E-state index in [-0.39, 0.29) is 17.1 Å². The van der Waals surface area contributed by atoms with Crippen molar-refractivity contribution in [1.29, 1.82) is 0 Å². The zero-order valence-electron chi connectivity index (χ0n) is 8.22. The second kappa shape index (κ2) is 5.90. The first kappa shape index (κ1) is 13.8. The Kier molecular flexibility index (Phi) is 5.10. The SMILES string of the molecule is CC(Br)C(=O)c1cc(I)ccc1OC(F)F. The number of Topliss-reactive ketones (excluding diaryl/α,β-unsaturated/α-hetero) is 1. The van der Waals surface area contributed by atoms with Crippen LogP contribution in [0.1, 0.15) is 17.3 Å². The van der Waals surface area contributed by atoms with Crippen molar-refractivity contribution in [2.45, 2.75) is 18.4 Å². The van der Waals surface area contributed by atoms with Gasteiger partial charge in [-0.05, 0) is 47.7 Å². The van der Waals surface area contributed by atoms with Crippen molar-refractivity contribution in [3.63, 3.8) is 0 Å². The molecule has 0 saturated carbocycles. The summed E-state index contributed by atoms with van der Waals surface area (Å²) in [7, 11) is 0. The zero-order chi connectivity index (χ0) is 12.3. The van der Waals surface area contributed by atoms with E-state index in [1.807, 2.05) is 22.6 Å². The molecule has 6 heteroatoms. The number of benzene rings is 1. The molecule has 0 saturated heterocycles. The minimum absolute atomic E-state index is 0.0910. The van der Waals surface area contributed by atoms with E-state index in [1.165, 1.54) is 12.1 Å². The van der Waals surface area contributed by atoms with Gasteiger partial charge in [0.15, 0.2) is 5.78 Å². The van der Waals surface area contributed by atoms with Crippen LogP contribution in [0.15, 0.2) is 18.2 Å². The fourth-order valence-electron chi connectivity index (χ4n) is 1.11. The van der Waals surface area contributed by atoms with Crippen LogP contribution in [-0.4, -0.2) is 17.2 Å². The van der Waals surface area contributed by atoms with E-state index in [0.717, 1.165) is 3.57 Å². The molecule has 0 aromatic heterocycles. The molecule has 88 valence electrons. The maximum atomic E-state index is 12.1. The number of rotatable bonds is 4.